The van der Waals surface area contributed by atoms with Crippen LogP contribution < -0.4 is 10.3 Å². The van der Waals surface area contributed by atoms with Gasteiger partial charge in [-0.15, -0.1) is 0 Å². The van der Waals surface area contributed by atoms with Gasteiger partial charge >= 0.3 is 0 Å². The molecule has 5 nitrogen and oxygen atoms in total. The van der Waals surface area contributed by atoms with E-state index in [-0.39, 0.29) is 11.6 Å². The van der Waals surface area contributed by atoms with Crippen LogP contribution in [-0.2, 0) is 23.0 Å². The zero-order chi connectivity index (χ0) is 17.8. The molecule has 0 amide bonds. The lowest BCUT2D eigenvalue weighted by Gasteiger charge is -2.29. The van der Waals surface area contributed by atoms with Crippen LogP contribution in [0.5, 0.6) is 0 Å². The Balaban J connectivity index is 1.79. The Morgan fingerprint density at radius 3 is 2.68 bits per heavy atom. The van der Waals surface area contributed by atoms with Gasteiger partial charge in [-0.1, -0.05) is 19.8 Å². The second kappa shape index (κ2) is 5.95. The molecule has 1 aliphatic carbocycles. The van der Waals surface area contributed by atoms with Crippen molar-refractivity contribution in [2.24, 2.45) is 5.92 Å². The molecular formula is C19H24N2O3S. The highest BCUT2D eigenvalue weighted by molar-refractivity contribution is 7.89. The minimum Gasteiger partial charge on any atom is -0.308 e. The van der Waals surface area contributed by atoms with Crippen molar-refractivity contribution in [1.82, 2.24) is 9.29 Å². The first-order valence-electron chi connectivity index (χ1n) is 9.06. The van der Waals surface area contributed by atoms with E-state index in [0.717, 1.165) is 41.3 Å². The first kappa shape index (κ1) is 16.8. The van der Waals surface area contributed by atoms with Crippen molar-refractivity contribution in [3.8, 4) is 0 Å². The van der Waals surface area contributed by atoms with Crippen LogP contribution in [0, 0.1) is 12.8 Å². The molecule has 0 unspecified atom stereocenters. The molecule has 1 saturated carbocycles. The number of aromatic nitrogens is 1. The molecular weight excluding hydrogens is 336 g/mol. The highest BCUT2D eigenvalue weighted by Gasteiger charge is 2.28. The molecule has 25 heavy (non-hydrogen) atoms. The van der Waals surface area contributed by atoms with E-state index in [1.54, 1.807) is 22.8 Å². The van der Waals surface area contributed by atoms with Crippen molar-refractivity contribution in [2.45, 2.75) is 63.4 Å². The van der Waals surface area contributed by atoms with E-state index in [4.69, 9.17) is 0 Å². The zero-order valence-corrected chi connectivity index (χ0v) is 15.5. The van der Waals surface area contributed by atoms with E-state index in [0.29, 0.717) is 23.8 Å². The van der Waals surface area contributed by atoms with Gasteiger partial charge < -0.3 is 4.57 Å². The van der Waals surface area contributed by atoms with E-state index in [1.165, 1.54) is 6.42 Å². The molecule has 2 heterocycles. The van der Waals surface area contributed by atoms with Gasteiger partial charge in [0.05, 0.1) is 10.4 Å². The van der Waals surface area contributed by atoms with Gasteiger partial charge in [0.2, 0.25) is 10.0 Å². The average Bonchev–Trinajstić information content (AvgIpc) is 2.99. The number of nitrogens with zero attached hydrogens (tertiary/aromatic N) is 1. The molecule has 4 rings (SSSR count). The summed E-state index contributed by atoms with van der Waals surface area (Å²) in [4.78, 5) is 12.5. The van der Waals surface area contributed by atoms with Crippen LogP contribution >= 0.6 is 0 Å². The quantitative estimate of drug-likeness (QED) is 0.915. The molecule has 1 aromatic heterocycles. The largest absolute Gasteiger partial charge is 0.308 e. The number of sulfonamides is 1. The fourth-order valence-electron chi connectivity index (χ4n) is 4.29. The van der Waals surface area contributed by atoms with Gasteiger partial charge in [0.25, 0.3) is 5.56 Å². The topological polar surface area (TPSA) is 68.2 Å². The maximum Gasteiger partial charge on any atom is 0.251 e. The van der Waals surface area contributed by atoms with Gasteiger partial charge in [-0.2, -0.15) is 0 Å². The summed E-state index contributed by atoms with van der Waals surface area (Å²) in [6.07, 6.45) is 4.93. The van der Waals surface area contributed by atoms with Crippen LogP contribution in [0.3, 0.4) is 0 Å². The molecule has 0 bridgehead atoms. The van der Waals surface area contributed by atoms with Crippen molar-refractivity contribution in [3.05, 3.63) is 39.7 Å². The van der Waals surface area contributed by atoms with Crippen LogP contribution in [0.25, 0.3) is 10.9 Å². The highest BCUT2D eigenvalue weighted by Crippen LogP contribution is 2.31. The molecule has 134 valence electrons. The first-order chi connectivity index (χ1) is 11.9. The molecule has 1 fully saturated rings. The number of nitrogens with one attached hydrogen (secondary N) is 1. The molecule has 0 spiro atoms. The van der Waals surface area contributed by atoms with Crippen LogP contribution in [0.2, 0.25) is 0 Å². The van der Waals surface area contributed by atoms with Crippen molar-refractivity contribution < 1.29 is 8.42 Å². The standard InChI is InChI=1S/C19H24N2O3S/c1-12-5-3-4-6-17(12)20-25(23,24)15-10-14-7-8-21-18(22)9-13(2)16(11-15)19(14)21/h9-12,17,20H,3-8H2,1-2H3/t12-,17+/m1/s1. The highest BCUT2D eigenvalue weighted by atomic mass is 32.2. The number of hydrogen-bond acceptors (Lipinski definition) is 3. The van der Waals surface area contributed by atoms with Crippen molar-refractivity contribution in [3.63, 3.8) is 0 Å². The molecule has 1 N–H and O–H groups in total. The van der Waals surface area contributed by atoms with E-state index in [2.05, 4.69) is 11.6 Å². The summed E-state index contributed by atoms with van der Waals surface area (Å²) in [6.45, 7) is 4.62. The molecule has 0 saturated heterocycles. The normalized spacial score (nSPS) is 23.3. The number of benzene rings is 1. The molecule has 1 aromatic carbocycles. The average molecular weight is 360 g/mol. The van der Waals surface area contributed by atoms with Crippen LogP contribution in [0.1, 0.15) is 43.7 Å². The summed E-state index contributed by atoms with van der Waals surface area (Å²) < 4.78 is 30.6. The maximum atomic E-state index is 13.0. The smallest absolute Gasteiger partial charge is 0.251 e. The Hall–Kier alpha value is -1.66. The second-order valence-electron chi connectivity index (χ2n) is 7.54. The van der Waals surface area contributed by atoms with Gasteiger partial charge in [-0.3, -0.25) is 4.79 Å². The Labute approximate surface area is 148 Å². The Bertz CT molecular complexity index is 1010. The van der Waals surface area contributed by atoms with E-state index in [1.807, 2.05) is 6.92 Å². The Kier molecular flexibility index (Phi) is 4.00. The maximum absolute atomic E-state index is 13.0. The van der Waals surface area contributed by atoms with Crippen molar-refractivity contribution >= 4 is 20.9 Å². The first-order valence-corrected chi connectivity index (χ1v) is 10.5. The van der Waals surface area contributed by atoms with Gasteiger partial charge in [0.1, 0.15) is 0 Å². The SMILES string of the molecule is Cc1cc(=O)n2c3c(cc(S(=O)(=O)N[C@H]4CCCC[C@H]4C)cc13)CC2. The minimum atomic E-state index is -3.56. The Morgan fingerprint density at radius 1 is 1.16 bits per heavy atom. The predicted molar refractivity (Wildman–Crippen MR) is 98.4 cm³/mol. The zero-order valence-electron chi connectivity index (χ0n) is 14.7. The predicted octanol–water partition coefficient (Wildman–Crippen LogP) is 2.72. The fourth-order valence-corrected chi connectivity index (χ4v) is 5.75. The van der Waals surface area contributed by atoms with Crippen LogP contribution in [0.15, 0.2) is 27.9 Å². The van der Waals surface area contributed by atoms with Crippen molar-refractivity contribution in [2.75, 3.05) is 0 Å². The van der Waals surface area contributed by atoms with Gasteiger partial charge in [-0.25, -0.2) is 13.1 Å². The molecule has 0 radical (unpaired) electrons. The lowest BCUT2D eigenvalue weighted by atomic mass is 9.87. The van der Waals surface area contributed by atoms with Gasteiger partial charge in [0, 0.05) is 24.0 Å². The Morgan fingerprint density at radius 2 is 1.92 bits per heavy atom. The third kappa shape index (κ3) is 2.81. The molecule has 1 aliphatic heterocycles. The van der Waals surface area contributed by atoms with E-state index >= 15 is 0 Å². The second-order valence-corrected chi connectivity index (χ2v) is 9.25. The number of rotatable bonds is 3. The minimum absolute atomic E-state index is 0.00601. The summed E-state index contributed by atoms with van der Waals surface area (Å²) in [5.74, 6) is 0.367. The molecule has 2 atom stereocenters. The van der Waals surface area contributed by atoms with E-state index in [9.17, 15) is 13.2 Å². The number of pyridine rings is 1. The molecule has 2 aliphatic rings. The van der Waals surface area contributed by atoms with Gasteiger partial charge in [-0.05, 0) is 55.4 Å². The summed E-state index contributed by atoms with van der Waals surface area (Å²) >= 11 is 0. The van der Waals surface area contributed by atoms with E-state index < -0.39 is 10.0 Å². The third-order valence-corrected chi connectivity index (χ3v) is 7.27. The van der Waals surface area contributed by atoms with Crippen LogP contribution in [0.4, 0.5) is 0 Å². The molecule has 6 heteroatoms. The summed E-state index contributed by atoms with van der Waals surface area (Å²) in [7, 11) is -3.56. The van der Waals surface area contributed by atoms with Gasteiger partial charge in [0.15, 0.2) is 0 Å². The fraction of sp³-hybridized carbons (Fsp3) is 0.526. The van der Waals surface area contributed by atoms with Crippen molar-refractivity contribution in [1.29, 1.82) is 0 Å². The summed E-state index contributed by atoms with van der Waals surface area (Å²) in [6, 6.07) is 5.09. The lowest BCUT2D eigenvalue weighted by molar-refractivity contribution is 0.310. The molecule has 2 aromatic rings. The monoisotopic (exact) mass is 360 g/mol. The van der Waals surface area contributed by atoms with Crippen LogP contribution in [-0.4, -0.2) is 19.0 Å². The summed E-state index contributed by atoms with van der Waals surface area (Å²) in [5.41, 5.74) is 2.68. The summed E-state index contributed by atoms with van der Waals surface area (Å²) in [5, 5.41) is 0.867. The lowest BCUT2D eigenvalue weighted by Crippen LogP contribution is -2.41. The number of aryl methyl sites for hydroxylation is 3. The number of hydrogen-bond donors (Lipinski definition) is 1. The third-order valence-electron chi connectivity index (χ3n) is 5.80.